The van der Waals surface area contributed by atoms with Crippen LogP contribution < -0.4 is 4.74 Å². The van der Waals surface area contributed by atoms with E-state index in [4.69, 9.17) is 9.47 Å². The molecule has 0 spiro atoms. The summed E-state index contributed by atoms with van der Waals surface area (Å²) in [6.45, 7) is 6.38. The van der Waals surface area contributed by atoms with Crippen LogP contribution in [0.3, 0.4) is 0 Å². The second-order valence-corrected chi connectivity index (χ2v) is 6.88. The molecule has 0 aliphatic rings. The van der Waals surface area contributed by atoms with Gasteiger partial charge in [0.2, 0.25) is 5.88 Å². The van der Waals surface area contributed by atoms with Crippen LogP contribution in [0.1, 0.15) is 38.8 Å². The van der Waals surface area contributed by atoms with Gasteiger partial charge in [-0.05, 0) is 57.2 Å². The number of aromatic nitrogens is 1. The molecule has 134 valence electrons. The van der Waals surface area contributed by atoms with Gasteiger partial charge in [-0.25, -0.2) is 4.98 Å². The van der Waals surface area contributed by atoms with Gasteiger partial charge in [0, 0.05) is 11.8 Å². The van der Waals surface area contributed by atoms with Crippen LogP contribution in [0.15, 0.2) is 42.5 Å². The normalized spacial score (nSPS) is 11.2. The Morgan fingerprint density at radius 3 is 2.48 bits per heavy atom. The van der Waals surface area contributed by atoms with E-state index < -0.39 is 5.41 Å². The summed E-state index contributed by atoms with van der Waals surface area (Å²) in [5.41, 5.74) is 2.74. The van der Waals surface area contributed by atoms with E-state index in [1.807, 2.05) is 45.0 Å². The molecule has 0 fully saturated rings. The minimum Gasteiger partial charge on any atom is -0.478 e. The molecule has 0 radical (unpaired) electrons. The minimum atomic E-state index is -0.448. The fourth-order valence-corrected chi connectivity index (χ4v) is 2.73. The number of carbonyl (C=O) groups excluding carboxylic acids is 1. The second kappa shape index (κ2) is 8.65. The standard InChI is InChI=1S/C21H27NO3/c1-16-14-18(17-10-6-5-7-11-17)15-19(22-16)25-13-9-8-12-21(2,3)20(23)24-4/h5-7,10-11,14-15H,8-9,12-13H2,1-4H3. The van der Waals surface area contributed by atoms with Crippen LogP contribution in [0.4, 0.5) is 0 Å². The largest absolute Gasteiger partial charge is 0.478 e. The van der Waals surface area contributed by atoms with Crippen LogP contribution in [0.2, 0.25) is 0 Å². The van der Waals surface area contributed by atoms with Crippen molar-refractivity contribution in [3.63, 3.8) is 0 Å². The molecular weight excluding hydrogens is 314 g/mol. The molecule has 1 aromatic carbocycles. The Morgan fingerprint density at radius 1 is 1.08 bits per heavy atom. The molecule has 0 bridgehead atoms. The second-order valence-electron chi connectivity index (χ2n) is 6.88. The topological polar surface area (TPSA) is 48.4 Å². The molecule has 1 aromatic heterocycles. The number of hydrogen-bond donors (Lipinski definition) is 0. The van der Waals surface area contributed by atoms with E-state index in [0.29, 0.717) is 12.5 Å². The molecule has 0 unspecified atom stereocenters. The first-order valence-corrected chi connectivity index (χ1v) is 8.68. The molecule has 0 N–H and O–H groups in total. The highest BCUT2D eigenvalue weighted by Crippen LogP contribution is 2.26. The van der Waals surface area contributed by atoms with Gasteiger partial charge in [0.1, 0.15) is 0 Å². The van der Waals surface area contributed by atoms with Crippen molar-refractivity contribution in [1.82, 2.24) is 4.98 Å². The number of pyridine rings is 1. The predicted molar refractivity (Wildman–Crippen MR) is 99.6 cm³/mol. The summed E-state index contributed by atoms with van der Waals surface area (Å²) >= 11 is 0. The quantitative estimate of drug-likeness (QED) is 0.511. The SMILES string of the molecule is COC(=O)C(C)(C)CCCCOc1cc(-c2ccccc2)cc(C)n1. The summed E-state index contributed by atoms with van der Waals surface area (Å²) in [6.07, 6.45) is 2.55. The number of esters is 1. The molecule has 4 heteroatoms. The minimum absolute atomic E-state index is 0.165. The molecule has 2 aromatic rings. The highest BCUT2D eigenvalue weighted by atomic mass is 16.5. The fraction of sp³-hybridized carbons (Fsp3) is 0.429. The average molecular weight is 341 g/mol. The van der Waals surface area contributed by atoms with Gasteiger partial charge >= 0.3 is 5.97 Å². The molecular formula is C21H27NO3. The van der Waals surface area contributed by atoms with Gasteiger partial charge in [0.05, 0.1) is 19.1 Å². The van der Waals surface area contributed by atoms with Crippen LogP contribution in [-0.4, -0.2) is 24.7 Å². The number of methoxy groups -OCH3 is 1. The maximum atomic E-state index is 11.7. The number of hydrogen-bond acceptors (Lipinski definition) is 4. The lowest BCUT2D eigenvalue weighted by atomic mass is 9.87. The van der Waals surface area contributed by atoms with Crippen molar-refractivity contribution in [2.45, 2.75) is 40.0 Å². The molecule has 1 heterocycles. The lowest BCUT2D eigenvalue weighted by Crippen LogP contribution is -2.25. The van der Waals surface area contributed by atoms with Gasteiger partial charge in [-0.1, -0.05) is 30.3 Å². The van der Waals surface area contributed by atoms with Gasteiger partial charge < -0.3 is 9.47 Å². The average Bonchev–Trinajstić information content (AvgIpc) is 2.61. The zero-order valence-electron chi connectivity index (χ0n) is 15.5. The Kier molecular flexibility index (Phi) is 6.57. The Morgan fingerprint density at radius 2 is 1.80 bits per heavy atom. The Labute approximate surface area is 150 Å². The lowest BCUT2D eigenvalue weighted by molar-refractivity contribution is -0.151. The van der Waals surface area contributed by atoms with Crippen molar-refractivity contribution in [1.29, 1.82) is 0 Å². The molecule has 25 heavy (non-hydrogen) atoms. The molecule has 4 nitrogen and oxygen atoms in total. The zero-order chi connectivity index (χ0) is 18.3. The van der Waals surface area contributed by atoms with Crippen LogP contribution >= 0.6 is 0 Å². The zero-order valence-corrected chi connectivity index (χ0v) is 15.5. The Balaban J connectivity index is 1.87. The third-order valence-electron chi connectivity index (χ3n) is 4.22. The van der Waals surface area contributed by atoms with Crippen LogP contribution in [-0.2, 0) is 9.53 Å². The predicted octanol–water partition coefficient (Wildman–Crippen LogP) is 4.81. The smallest absolute Gasteiger partial charge is 0.311 e. The third-order valence-corrected chi connectivity index (χ3v) is 4.22. The van der Waals surface area contributed by atoms with Crippen molar-refractivity contribution >= 4 is 5.97 Å². The van der Waals surface area contributed by atoms with E-state index in [9.17, 15) is 4.79 Å². The number of carbonyl (C=O) groups is 1. The monoisotopic (exact) mass is 341 g/mol. The number of benzene rings is 1. The first-order chi connectivity index (χ1) is 11.9. The van der Waals surface area contributed by atoms with Crippen molar-refractivity contribution in [2.24, 2.45) is 5.41 Å². The van der Waals surface area contributed by atoms with Gasteiger partial charge in [0.15, 0.2) is 0 Å². The van der Waals surface area contributed by atoms with Crippen molar-refractivity contribution in [2.75, 3.05) is 13.7 Å². The van der Waals surface area contributed by atoms with Gasteiger partial charge in [-0.3, -0.25) is 4.79 Å². The highest BCUT2D eigenvalue weighted by molar-refractivity contribution is 5.75. The van der Waals surface area contributed by atoms with Gasteiger partial charge in [-0.2, -0.15) is 0 Å². The number of ether oxygens (including phenoxy) is 2. The maximum Gasteiger partial charge on any atom is 0.311 e. The first-order valence-electron chi connectivity index (χ1n) is 8.68. The number of nitrogens with zero attached hydrogens (tertiary/aromatic N) is 1. The Bertz CT molecular complexity index is 696. The molecule has 0 atom stereocenters. The summed E-state index contributed by atoms with van der Waals surface area (Å²) in [6, 6.07) is 14.2. The summed E-state index contributed by atoms with van der Waals surface area (Å²) in [4.78, 5) is 16.1. The van der Waals surface area contributed by atoms with E-state index in [0.717, 1.165) is 36.1 Å². The number of rotatable bonds is 8. The molecule has 0 aliphatic heterocycles. The molecule has 2 rings (SSSR count). The molecule has 0 aliphatic carbocycles. The van der Waals surface area contributed by atoms with E-state index in [-0.39, 0.29) is 5.97 Å². The molecule has 0 saturated heterocycles. The molecule has 0 saturated carbocycles. The van der Waals surface area contributed by atoms with E-state index in [1.165, 1.54) is 7.11 Å². The summed E-state index contributed by atoms with van der Waals surface area (Å²) < 4.78 is 10.7. The number of aryl methyl sites for hydroxylation is 1. The molecule has 0 amide bonds. The number of unbranched alkanes of at least 4 members (excludes halogenated alkanes) is 1. The first kappa shape index (κ1) is 19.0. The maximum absolute atomic E-state index is 11.7. The highest BCUT2D eigenvalue weighted by Gasteiger charge is 2.27. The van der Waals surface area contributed by atoms with Gasteiger partial charge in [0.25, 0.3) is 0 Å². The fourth-order valence-electron chi connectivity index (χ4n) is 2.73. The van der Waals surface area contributed by atoms with Crippen LogP contribution in [0, 0.1) is 12.3 Å². The summed E-state index contributed by atoms with van der Waals surface area (Å²) in [7, 11) is 1.43. The van der Waals surface area contributed by atoms with E-state index >= 15 is 0 Å². The summed E-state index contributed by atoms with van der Waals surface area (Å²) in [5, 5.41) is 0. The lowest BCUT2D eigenvalue weighted by Gasteiger charge is -2.21. The summed E-state index contributed by atoms with van der Waals surface area (Å²) in [5.74, 6) is 0.479. The van der Waals surface area contributed by atoms with Crippen molar-refractivity contribution in [3.05, 3.63) is 48.2 Å². The van der Waals surface area contributed by atoms with E-state index in [1.54, 1.807) is 0 Å². The Hall–Kier alpha value is -2.36. The van der Waals surface area contributed by atoms with Crippen molar-refractivity contribution < 1.29 is 14.3 Å². The van der Waals surface area contributed by atoms with Crippen LogP contribution in [0.5, 0.6) is 5.88 Å². The van der Waals surface area contributed by atoms with Gasteiger partial charge in [-0.15, -0.1) is 0 Å². The third kappa shape index (κ3) is 5.59. The van der Waals surface area contributed by atoms with Crippen LogP contribution in [0.25, 0.3) is 11.1 Å². The van der Waals surface area contributed by atoms with E-state index in [2.05, 4.69) is 23.2 Å². The van der Waals surface area contributed by atoms with Crippen molar-refractivity contribution in [3.8, 4) is 17.0 Å².